The topological polar surface area (TPSA) is 85.2 Å². The number of hydrogen-bond acceptors (Lipinski definition) is 5. The molecule has 1 atom stereocenters. The van der Waals surface area contributed by atoms with Crippen molar-refractivity contribution in [3.8, 4) is 11.5 Å². The summed E-state index contributed by atoms with van der Waals surface area (Å²) in [6.07, 6.45) is -2.04. The molecule has 2 N–H and O–H groups in total. The Labute approximate surface area is 168 Å². The number of carbonyl (C=O) groups is 1. The normalized spacial score (nSPS) is 12.2. The Kier molecular flexibility index (Phi) is 6.16. The number of ether oxygens (including phenoxy) is 3. The Morgan fingerprint density at radius 3 is 1.55 bits per heavy atom. The van der Waals surface area contributed by atoms with Crippen molar-refractivity contribution in [1.82, 2.24) is 0 Å². The zero-order valence-corrected chi connectivity index (χ0v) is 16.1. The molecule has 0 aliphatic heterocycles. The van der Waals surface area contributed by atoms with Gasteiger partial charge in [-0.3, -0.25) is 0 Å². The standard InChI is InChI=1S/C23H22O6/c1-27-19-12-8-17(9-13-19)23(29-22(26)21(24)25,16-6-4-3-5-7-16)18-10-14-20(28-2)15-11-18/h3-15,22,26H,1-2H3,(H,24,25). The molecule has 29 heavy (non-hydrogen) atoms. The highest BCUT2D eigenvalue weighted by Gasteiger charge is 2.41. The average Bonchev–Trinajstić information content (AvgIpc) is 2.78. The number of methoxy groups -OCH3 is 2. The predicted molar refractivity (Wildman–Crippen MR) is 107 cm³/mol. The second kappa shape index (κ2) is 8.77. The minimum Gasteiger partial charge on any atom is -0.497 e. The summed E-state index contributed by atoms with van der Waals surface area (Å²) >= 11 is 0. The van der Waals surface area contributed by atoms with Gasteiger partial charge in [-0.2, -0.15) is 0 Å². The minimum absolute atomic E-state index is 0.634. The Hall–Kier alpha value is -3.35. The molecular formula is C23H22O6. The lowest BCUT2D eigenvalue weighted by atomic mass is 9.80. The molecule has 150 valence electrons. The molecule has 0 aliphatic rings. The van der Waals surface area contributed by atoms with Gasteiger partial charge in [0.2, 0.25) is 0 Å². The summed E-state index contributed by atoms with van der Waals surface area (Å²) in [5.41, 5.74) is 0.554. The molecule has 0 aromatic heterocycles. The van der Waals surface area contributed by atoms with Crippen LogP contribution >= 0.6 is 0 Å². The highest BCUT2D eigenvalue weighted by Crippen LogP contribution is 2.42. The van der Waals surface area contributed by atoms with Crippen LogP contribution in [0.1, 0.15) is 16.7 Å². The Bertz CT molecular complexity index is 888. The molecule has 3 aromatic rings. The van der Waals surface area contributed by atoms with Crippen molar-refractivity contribution in [2.24, 2.45) is 0 Å². The number of rotatable bonds is 8. The van der Waals surface area contributed by atoms with E-state index in [4.69, 9.17) is 14.2 Å². The van der Waals surface area contributed by atoms with E-state index in [1.54, 1.807) is 62.8 Å². The van der Waals surface area contributed by atoms with Crippen LogP contribution in [-0.2, 0) is 15.1 Å². The second-order valence-electron chi connectivity index (χ2n) is 6.31. The van der Waals surface area contributed by atoms with Gasteiger partial charge in [0, 0.05) is 0 Å². The van der Waals surface area contributed by atoms with Gasteiger partial charge >= 0.3 is 5.97 Å². The Morgan fingerprint density at radius 2 is 1.17 bits per heavy atom. The molecule has 0 saturated carbocycles. The van der Waals surface area contributed by atoms with E-state index in [1.165, 1.54) is 0 Å². The molecule has 0 radical (unpaired) electrons. The van der Waals surface area contributed by atoms with Gasteiger partial charge in [-0.05, 0) is 41.0 Å². The van der Waals surface area contributed by atoms with E-state index >= 15 is 0 Å². The van der Waals surface area contributed by atoms with Crippen LogP contribution in [0.2, 0.25) is 0 Å². The fraction of sp³-hybridized carbons (Fsp3) is 0.174. The van der Waals surface area contributed by atoms with Gasteiger partial charge < -0.3 is 24.4 Å². The zero-order chi connectivity index (χ0) is 20.9. The summed E-state index contributed by atoms with van der Waals surface area (Å²) in [4.78, 5) is 11.5. The lowest BCUT2D eigenvalue weighted by Crippen LogP contribution is -2.39. The Morgan fingerprint density at radius 1 is 0.759 bits per heavy atom. The van der Waals surface area contributed by atoms with E-state index < -0.39 is 17.9 Å². The first kappa shape index (κ1) is 20.4. The van der Waals surface area contributed by atoms with Gasteiger partial charge in [-0.15, -0.1) is 0 Å². The van der Waals surface area contributed by atoms with Crippen molar-refractivity contribution in [1.29, 1.82) is 0 Å². The highest BCUT2D eigenvalue weighted by atomic mass is 16.6. The maximum absolute atomic E-state index is 11.5. The predicted octanol–water partition coefficient (Wildman–Crippen LogP) is 3.42. The summed E-state index contributed by atoms with van der Waals surface area (Å²) in [5, 5.41) is 19.5. The van der Waals surface area contributed by atoms with E-state index in [1.807, 2.05) is 30.3 Å². The molecule has 6 nitrogen and oxygen atoms in total. The van der Waals surface area contributed by atoms with Crippen LogP contribution in [0.25, 0.3) is 0 Å². The number of carboxylic acids is 1. The fourth-order valence-electron chi connectivity index (χ4n) is 3.25. The van der Waals surface area contributed by atoms with E-state index in [-0.39, 0.29) is 0 Å². The summed E-state index contributed by atoms with van der Waals surface area (Å²) in [6.45, 7) is 0. The number of aliphatic hydroxyl groups is 1. The van der Waals surface area contributed by atoms with Crippen molar-refractivity contribution < 1.29 is 29.2 Å². The largest absolute Gasteiger partial charge is 0.497 e. The molecule has 0 saturated heterocycles. The van der Waals surface area contributed by atoms with Crippen molar-refractivity contribution in [2.45, 2.75) is 11.9 Å². The van der Waals surface area contributed by atoms with E-state index in [0.717, 1.165) is 0 Å². The summed E-state index contributed by atoms with van der Waals surface area (Å²) in [6, 6.07) is 23.3. The van der Waals surface area contributed by atoms with Crippen molar-refractivity contribution >= 4 is 5.97 Å². The summed E-state index contributed by atoms with van der Waals surface area (Å²) in [7, 11) is 3.13. The molecule has 0 heterocycles. The van der Waals surface area contributed by atoms with E-state index in [0.29, 0.717) is 28.2 Å². The summed E-state index contributed by atoms with van der Waals surface area (Å²) in [5.74, 6) is -0.194. The van der Waals surface area contributed by atoms with Crippen LogP contribution in [0.5, 0.6) is 11.5 Å². The highest BCUT2D eigenvalue weighted by molar-refractivity contribution is 5.70. The monoisotopic (exact) mass is 394 g/mol. The average molecular weight is 394 g/mol. The third-order valence-electron chi connectivity index (χ3n) is 4.67. The van der Waals surface area contributed by atoms with Crippen LogP contribution in [0.3, 0.4) is 0 Å². The first-order chi connectivity index (χ1) is 14.0. The van der Waals surface area contributed by atoms with Crippen molar-refractivity contribution in [3.63, 3.8) is 0 Å². The number of hydrogen-bond donors (Lipinski definition) is 2. The third-order valence-corrected chi connectivity index (χ3v) is 4.67. The quantitative estimate of drug-likeness (QED) is 0.450. The molecule has 0 spiro atoms. The SMILES string of the molecule is COc1ccc(C(OC(O)C(=O)O)(c2ccccc2)c2ccc(OC)cc2)cc1. The zero-order valence-electron chi connectivity index (χ0n) is 16.1. The van der Waals surface area contributed by atoms with Gasteiger partial charge in [0.25, 0.3) is 6.29 Å². The van der Waals surface area contributed by atoms with Crippen LogP contribution in [-0.4, -0.2) is 36.7 Å². The molecular weight excluding hydrogens is 372 g/mol. The van der Waals surface area contributed by atoms with Crippen LogP contribution < -0.4 is 9.47 Å². The number of carboxylic acid groups (broad SMARTS) is 1. The van der Waals surface area contributed by atoms with Gasteiger partial charge in [0.1, 0.15) is 17.1 Å². The van der Waals surface area contributed by atoms with Gasteiger partial charge in [-0.1, -0.05) is 54.6 Å². The third kappa shape index (κ3) is 4.08. The maximum Gasteiger partial charge on any atom is 0.360 e. The van der Waals surface area contributed by atoms with Gasteiger partial charge in [-0.25, -0.2) is 4.79 Å². The molecule has 0 fully saturated rings. The van der Waals surface area contributed by atoms with Crippen LogP contribution in [0.15, 0.2) is 78.9 Å². The number of benzene rings is 3. The number of aliphatic carboxylic acids is 1. The van der Waals surface area contributed by atoms with Crippen molar-refractivity contribution in [3.05, 3.63) is 95.6 Å². The van der Waals surface area contributed by atoms with Gasteiger partial charge in [0.05, 0.1) is 14.2 Å². The molecule has 0 bridgehead atoms. The van der Waals surface area contributed by atoms with E-state index in [2.05, 4.69) is 0 Å². The van der Waals surface area contributed by atoms with Crippen LogP contribution in [0.4, 0.5) is 0 Å². The first-order valence-corrected chi connectivity index (χ1v) is 8.94. The fourth-order valence-corrected chi connectivity index (χ4v) is 3.25. The lowest BCUT2D eigenvalue weighted by molar-refractivity contribution is -0.195. The molecule has 3 aromatic carbocycles. The summed E-state index contributed by atoms with van der Waals surface area (Å²) < 4.78 is 16.4. The molecule has 3 rings (SSSR count). The molecule has 0 aliphatic carbocycles. The smallest absolute Gasteiger partial charge is 0.360 e. The van der Waals surface area contributed by atoms with Crippen molar-refractivity contribution in [2.75, 3.05) is 14.2 Å². The lowest BCUT2D eigenvalue weighted by Gasteiger charge is -2.36. The maximum atomic E-state index is 11.5. The van der Waals surface area contributed by atoms with Crippen LogP contribution in [0, 0.1) is 0 Å². The molecule has 1 unspecified atom stereocenters. The molecule has 0 amide bonds. The first-order valence-electron chi connectivity index (χ1n) is 8.94. The van der Waals surface area contributed by atoms with E-state index in [9.17, 15) is 15.0 Å². The molecule has 6 heteroatoms. The van der Waals surface area contributed by atoms with Gasteiger partial charge in [0.15, 0.2) is 0 Å². The Balaban J connectivity index is 2.28. The second-order valence-corrected chi connectivity index (χ2v) is 6.31. The number of aliphatic hydroxyl groups excluding tert-OH is 1. The minimum atomic E-state index is -2.04.